The van der Waals surface area contributed by atoms with Crippen LogP contribution in [0.4, 0.5) is 8.78 Å². The lowest BCUT2D eigenvalue weighted by Crippen LogP contribution is -2.36. The zero-order chi connectivity index (χ0) is 13.2. The zero-order valence-corrected chi connectivity index (χ0v) is 11.0. The summed E-state index contributed by atoms with van der Waals surface area (Å²) in [5, 5.41) is 12.3. The molecule has 1 aromatic heterocycles. The summed E-state index contributed by atoms with van der Waals surface area (Å²) in [6, 6.07) is 3.87. The molecule has 0 amide bonds. The Morgan fingerprint density at radius 2 is 2.11 bits per heavy atom. The van der Waals surface area contributed by atoms with Gasteiger partial charge in [-0.1, -0.05) is 6.07 Å². The highest BCUT2D eigenvalue weighted by Gasteiger charge is 2.39. The Bertz CT molecular complexity index is 359. The van der Waals surface area contributed by atoms with Crippen molar-refractivity contribution >= 4 is 11.3 Å². The maximum Gasteiger partial charge on any atom is 0.248 e. The summed E-state index contributed by atoms with van der Waals surface area (Å²) in [4.78, 5) is 1.04. The molecule has 0 bridgehead atoms. The third-order valence-corrected chi connectivity index (χ3v) is 4.82. The van der Waals surface area contributed by atoms with Crippen LogP contribution in [0.3, 0.4) is 0 Å². The third kappa shape index (κ3) is 3.08. The molecular weight excluding hydrogens is 256 g/mol. The molecule has 0 spiro atoms. The summed E-state index contributed by atoms with van der Waals surface area (Å²) >= 11 is 1.56. The molecule has 2 rings (SSSR count). The second-order valence-electron chi connectivity index (χ2n) is 5.04. The highest BCUT2D eigenvalue weighted by atomic mass is 32.1. The van der Waals surface area contributed by atoms with E-state index < -0.39 is 12.0 Å². The molecule has 1 aliphatic carbocycles. The van der Waals surface area contributed by atoms with Crippen LogP contribution in [0.2, 0.25) is 0 Å². The highest BCUT2D eigenvalue weighted by molar-refractivity contribution is 7.10. The van der Waals surface area contributed by atoms with Crippen molar-refractivity contribution in [1.29, 1.82) is 0 Å². The molecular formula is C13H19F2NOS. The van der Waals surface area contributed by atoms with E-state index in [9.17, 15) is 13.9 Å². The van der Waals surface area contributed by atoms with Gasteiger partial charge in [0, 0.05) is 30.2 Å². The molecule has 0 saturated heterocycles. The molecule has 2 unspecified atom stereocenters. The van der Waals surface area contributed by atoms with Crippen molar-refractivity contribution in [2.75, 3.05) is 6.54 Å². The minimum Gasteiger partial charge on any atom is -0.392 e. The molecule has 1 aliphatic rings. The average Bonchev–Trinajstić information content (AvgIpc) is 2.83. The van der Waals surface area contributed by atoms with E-state index in [0.29, 0.717) is 19.4 Å². The lowest BCUT2D eigenvalue weighted by atomic mass is 9.78. The lowest BCUT2D eigenvalue weighted by Gasteiger charge is -2.34. The van der Waals surface area contributed by atoms with E-state index in [-0.39, 0.29) is 24.7 Å². The Morgan fingerprint density at radius 3 is 2.61 bits per heavy atom. The number of thiophene rings is 1. The first-order valence-corrected chi connectivity index (χ1v) is 7.21. The first kappa shape index (κ1) is 13.9. The second kappa shape index (κ2) is 5.63. The van der Waals surface area contributed by atoms with Crippen molar-refractivity contribution < 1.29 is 13.9 Å². The summed E-state index contributed by atoms with van der Waals surface area (Å²) in [5.41, 5.74) is 5.72. The number of hydrogen-bond donors (Lipinski definition) is 2. The Morgan fingerprint density at radius 1 is 1.44 bits per heavy atom. The van der Waals surface area contributed by atoms with Gasteiger partial charge in [0.15, 0.2) is 0 Å². The van der Waals surface area contributed by atoms with Crippen LogP contribution in [0.15, 0.2) is 17.5 Å². The Kier molecular flexibility index (Phi) is 4.35. The minimum absolute atomic E-state index is 0.0553. The van der Waals surface area contributed by atoms with Gasteiger partial charge in [-0.3, -0.25) is 0 Å². The molecule has 0 aromatic carbocycles. The van der Waals surface area contributed by atoms with Gasteiger partial charge in [-0.05, 0) is 30.2 Å². The lowest BCUT2D eigenvalue weighted by molar-refractivity contribution is -0.0649. The molecule has 3 N–H and O–H groups in total. The molecule has 102 valence electrons. The molecule has 2 nitrogen and oxygen atoms in total. The molecule has 1 saturated carbocycles. The zero-order valence-electron chi connectivity index (χ0n) is 10.2. The van der Waals surface area contributed by atoms with Crippen molar-refractivity contribution in [3.8, 4) is 0 Å². The molecule has 0 radical (unpaired) electrons. The topological polar surface area (TPSA) is 46.2 Å². The summed E-state index contributed by atoms with van der Waals surface area (Å²) < 4.78 is 26.2. The maximum atomic E-state index is 13.1. The third-order valence-electron chi connectivity index (χ3n) is 3.82. The van der Waals surface area contributed by atoms with E-state index in [1.165, 1.54) is 0 Å². The van der Waals surface area contributed by atoms with Gasteiger partial charge in [0.2, 0.25) is 5.92 Å². The Labute approximate surface area is 110 Å². The van der Waals surface area contributed by atoms with E-state index in [2.05, 4.69) is 0 Å². The van der Waals surface area contributed by atoms with E-state index >= 15 is 0 Å². The average molecular weight is 275 g/mol. The number of aliphatic hydroxyl groups is 1. The highest BCUT2D eigenvalue weighted by Crippen LogP contribution is 2.40. The number of hydrogen-bond acceptors (Lipinski definition) is 3. The normalized spacial score (nSPS) is 23.8. The first-order valence-electron chi connectivity index (χ1n) is 6.33. The monoisotopic (exact) mass is 275 g/mol. The van der Waals surface area contributed by atoms with E-state index in [0.717, 1.165) is 4.88 Å². The van der Waals surface area contributed by atoms with Crippen LogP contribution in [-0.4, -0.2) is 23.7 Å². The van der Waals surface area contributed by atoms with Crippen LogP contribution in [0.25, 0.3) is 0 Å². The van der Waals surface area contributed by atoms with Crippen molar-refractivity contribution in [3.63, 3.8) is 0 Å². The molecule has 0 aliphatic heterocycles. The van der Waals surface area contributed by atoms with Gasteiger partial charge >= 0.3 is 0 Å². The number of alkyl halides is 2. The van der Waals surface area contributed by atoms with Gasteiger partial charge in [-0.2, -0.15) is 0 Å². The Balaban J connectivity index is 2.00. The molecule has 18 heavy (non-hydrogen) atoms. The van der Waals surface area contributed by atoms with Crippen LogP contribution in [0.1, 0.15) is 36.5 Å². The largest absolute Gasteiger partial charge is 0.392 e. The van der Waals surface area contributed by atoms with E-state index in [1.54, 1.807) is 11.3 Å². The number of rotatable bonds is 4. The van der Waals surface area contributed by atoms with Crippen LogP contribution in [0.5, 0.6) is 0 Å². The van der Waals surface area contributed by atoms with Crippen molar-refractivity contribution in [3.05, 3.63) is 22.4 Å². The van der Waals surface area contributed by atoms with Gasteiger partial charge in [-0.25, -0.2) is 8.78 Å². The molecule has 1 aromatic rings. The van der Waals surface area contributed by atoms with Crippen molar-refractivity contribution in [2.24, 2.45) is 11.7 Å². The van der Waals surface area contributed by atoms with Crippen molar-refractivity contribution in [2.45, 2.75) is 43.6 Å². The van der Waals surface area contributed by atoms with Gasteiger partial charge in [-0.15, -0.1) is 11.3 Å². The molecule has 5 heteroatoms. The fourth-order valence-corrected chi connectivity index (χ4v) is 3.54. The molecule has 1 heterocycles. The SMILES string of the molecule is NCC(c1cccs1)C(O)C1CCC(F)(F)CC1. The molecule has 1 fully saturated rings. The standard InChI is InChI=1S/C13H19F2NOS/c14-13(15)5-3-9(4-6-13)12(17)10(8-16)11-2-1-7-18-11/h1-2,7,9-10,12,17H,3-6,8,16H2. The molecule has 2 atom stereocenters. The first-order chi connectivity index (χ1) is 8.53. The van der Waals surface area contributed by atoms with E-state index in [1.807, 2.05) is 17.5 Å². The second-order valence-corrected chi connectivity index (χ2v) is 6.02. The minimum atomic E-state index is -2.54. The van der Waals surface area contributed by atoms with Crippen molar-refractivity contribution in [1.82, 2.24) is 0 Å². The van der Waals surface area contributed by atoms with Gasteiger partial charge in [0.25, 0.3) is 0 Å². The predicted molar refractivity (Wildman–Crippen MR) is 69.0 cm³/mol. The summed E-state index contributed by atoms with van der Waals surface area (Å²) in [6.45, 7) is 0.356. The summed E-state index contributed by atoms with van der Waals surface area (Å²) in [7, 11) is 0. The number of aliphatic hydroxyl groups excluding tert-OH is 1. The fourth-order valence-electron chi connectivity index (χ4n) is 2.66. The number of halogens is 2. The quantitative estimate of drug-likeness (QED) is 0.887. The van der Waals surface area contributed by atoms with E-state index in [4.69, 9.17) is 5.73 Å². The smallest absolute Gasteiger partial charge is 0.248 e. The van der Waals surface area contributed by atoms with Crippen LogP contribution >= 0.6 is 11.3 Å². The van der Waals surface area contributed by atoms with Crippen LogP contribution < -0.4 is 5.73 Å². The predicted octanol–water partition coefficient (Wildman–Crippen LogP) is 2.98. The van der Waals surface area contributed by atoms with Gasteiger partial charge in [0.05, 0.1) is 6.10 Å². The van der Waals surface area contributed by atoms with Crippen LogP contribution in [-0.2, 0) is 0 Å². The Hall–Kier alpha value is -0.520. The summed E-state index contributed by atoms with van der Waals surface area (Å²) in [5.74, 6) is -2.72. The maximum absolute atomic E-state index is 13.1. The number of nitrogens with two attached hydrogens (primary N) is 1. The van der Waals surface area contributed by atoms with Gasteiger partial charge in [0.1, 0.15) is 0 Å². The van der Waals surface area contributed by atoms with Crippen LogP contribution in [0, 0.1) is 5.92 Å². The summed E-state index contributed by atoms with van der Waals surface area (Å²) in [6.07, 6.45) is -0.0660. The fraction of sp³-hybridized carbons (Fsp3) is 0.692. The van der Waals surface area contributed by atoms with Gasteiger partial charge < -0.3 is 10.8 Å².